The van der Waals surface area contributed by atoms with Gasteiger partial charge in [0.1, 0.15) is 4.90 Å². The smallest absolute Gasteiger partial charge is 0.245 e. The van der Waals surface area contributed by atoms with Gasteiger partial charge in [-0.05, 0) is 30.5 Å². The Hall–Kier alpha value is -0.590. The Bertz CT molecular complexity index is 545. The van der Waals surface area contributed by atoms with Crippen molar-refractivity contribution in [3.8, 4) is 0 Å². The summed E-state index contributed by atoms with van der Waals surface area (Å²) in [6, 6.07) is 4.93. The third kappa shape index (κ3) is 2.55. The molecule has 4 nitrogen and oxygen atoms in total. The molecule has 0 aliphatic carbocycles. The Labute approximate surface area is 116 Å². The molecule has 0 radical (unpaired) electrons. The van der Waals surface area contributed by atoms with E-state index in [4.69, 9.17) is 5.73 Å². The van der Waals surface area contributed by atoms with Gasteiger partial charge in [-0.15, -0.1) is 0 Å². The van der Waals surface area contributed by atoms with Crippen LogP contribution in [0.2, 0.25) is 0 Å². The second-order valence-corrected chi connectivity index (χ2v) is 7.43. The quantitative estimate of drug-likeness (QED) is 0.864. The molecule has 2 rings (SSSR count). The van der Waals surface area contributed by atoms with Gasteiger partial charge >= 0.3 is 0 Å². The molecule has 1 aromatic rings. The van der Waals surface area contributed by atoms with Gasteiger partial charge in [-0.2, -0.15) is 4.31 Å². The van der Waals surface area contributed by atoms with E-state index >= 15 is 0 Å². The van der Waals surface area contributed by atoms with Crippen LogP contribution in [0.4, 0.5) is 5.69 Å². The molecular weight excluding hydrogens is 316 g/mol. The zero-order valence-corrected chi connectivity index (χ0v) is 12.7. The van der Waals surface area contributed by atoms with Crippen molar-refractivity contribution in [1.29, 1.82) is 0 Å². The number of nitrogens with zero attached hydrogens (tertiary/aromatic N) is 1. The van der Waals surface area contributed by atoms with Crippen molar-refractivity contribution in [2.75, 3.05) is 18.8 Å². The maximum Gasteiger partial charge on any atom is 0.245 e. The number of hydrogen-bond donors (Lipinski definition) is 1. The van der Waals surface area contributed by atoms with Gasteiger partial charge < -0.3 is 5.73 Å². The highest BCUT2D eigenvalue weighted by atomic mass is 79.9. The third-order valence-electron chi connectivity index (χ3n) is 3.42. The Morgan fingerprint density at radius 3 is 2.83 bits per heavy atom. The number of anilines is 1. The van der Waals surface area contributed by atoms with E-state index in [1.807, 2.05) is 0 Å². The first-order valence-corrected chi connectivity index (χ1v) is 8.23. The van der Waals surface area contributed by atoms with Crippen LogP contribution in [-0.4, -0.2) is 25.8 Å². The SMILES string of the molecule is CCC1CCN(S(=O)(=O)c2cc(Br)ccc2N)C1. The summed E-state index contributed by atoms with van der Waals surface area (Å²) in [4.78, 5) is 0.202. The number of rotatable bonds is 3. The van der Waals surface area contributed by atoms with E-state index in [1.54, 1.807) is 22.5 Å². The van der Waals surface area contributed by atoms with Crippen LogP contribution in [0.5, 0.6) is 0 Å². The summed E-state index contributed by atoms with van der Waals surface area (Å²) in [5.74, 6) is 0.466. The van der Waals surface area contributed by atoms with Crippen LogP contribution in [0.1, 0.15) is 19.8 Å². The first-order chi connectivity index (χ1) is 8.45. The van der Waals surface area contributed by atoms with Crippen LogP contribution in [0.3, 0.4) is 0 Å². The molecule has 1 aromatic carbocycles. The second kappa shape index (κ2) is 5.19. The lowest BCUT2D eigenvalue weighted by Crippen LogP contribution is -2.29. The first-order valence-electron chi connectivity index (χ1n) is 6.00. The predicted molar refractivity (Wildman–Crippen MR) is 75.7 cm³/mol. The van der Waals surface area contributed by atoms with Crippen molar-refractivity contribution in [2.24, 2.45) is 5.92 Å². The van der Waals surface area contributed by atoms with Crippen LogP contribution < -0.4 is 5.73 Å². The summed E-state index contributed by atoms with van der Waals surface area (Å²) in [7, 11) is -3.46. The molecule has 0 bridgehead atoms. The highest BCUT2D eigenvalue weighted by molar-refractivity contribution is 9.10. The van der Waals surface area contributed by atoms with Gasteiger partial charge in [0.25, 0.3) is 0 Å². The largest absolute Gasteiger partial charge is 0.398 e. The number of benzene rings is 1. The minimum atomic E-state index is -3.46. The molecule has 2 N–H and O–H groups in total. The molecule has 18 heavy (non-hydrogen) atoms. The van der Waals surface area contributed by atoms with E-state index in [0.29, 0.717) is 24.7 Å². The molecule has 1 atom stereocenters. The molecule has 0 saturated carbocycles. The summed E-state index contributed by atoms with van der Waals surface area (Å²) in [5.41, 5.74) is 6.09. The molecule has 100 valence electrons. The lowest BCUT2D eigenvalue weighted by Gasteiger charge is -2.17. The average molecular weight is 333 g/mol. The maximum absolute atomic E-state index is 12.5. The van der Waals surface area contributed by atoms with E-state index in [2.05, 4.69) is 22.9 Å². The normalized spacial score (nSPS) is 21.3. The van der Waals surface area contributed by atoms with Crippen molar-refractivity contribution >= 4 is 31.6 Å². The van der Waals surface area contributed by atoms with Gasteiger partial charge in [-0.25, -0.2) is 8.42 Å². The van der Waals surface area contributed by atoms with Crippen LogP contribution in [0, 0.1) is 5.92 Å². The van der Waals surface area contributed by atoms with Crippen LogP contribution >= 0.6 is 15.9 Å². The zero-order chi connectivity index (χ0) is 13.3. The molecule has 1 unspecified atom stereocenters. The number of sulfonamides is 1. The highest BCUT2D eigenvalue weighted by Crippen LogP contribution is 2.30. The Morgan fingerprint density at radius 1 is 1.50 bits per heavy atom. The van der Waals surface area contributed by atoms with Gasteiger partial charge in [-0.1, -0.05) is 29.3 Å². The van der Waals surface area contributed by atoms with Crippen LogP contribution in [0.15, 0.2) is 27.6 Å². The fourth-order valence-corrected chi connectivity index (χ4v) is 4.40. The fraction of sp³-hybridized carbons (Fsp3) is 0.500. The molecule has 0 amide bonds. The number of nitrogen functional groups attached to an aromatic ring is 1. The average Bonchev–Trinajstić information content (AvgIpc) is 2.81. The van der Waals surface area contributed by atoms with Crippen molar-refractivity contribution < 1.29 is 8.42 Å². The summed E-state index contributed by atoms with van der Waals surface area (Å²) in [6.45, 7) is 3.28. The monoisotopic (exact) mass is 332 g/mol. The number of hydrogen-bond acceptors (Lipinski definition) is 3. The van der Waals surface area contributed by atoms with Crippen molar-refractivity contribution in [3.05, 3.63) is 22.7 Å². The van der Waals surface area contributed by atoms with Crippen molar-refractivity contribution in [2.45, 2.75) is 24.7 Å². The summed E-state index contributed by atoms with van der Waals surface area (Å²) >= 11 is 3.28. The van der Waals surface area contributed by atoms with E-state index in [-0.39, 0.29) is 4.90 Å². The third-order valence-corrected chi connectivity index (χ3v) is 5.83. The molecule has 1 fully saturated rings. The van der Waals surface area contributed by atoms with Gasteiger partial charge in [0.05, 0.1) is 5.69 Å². The lowest BCUT2D eigenvalue weighted by atomic mass is 10.1. The van der Waals surface area contributed by atoms with Crippen molar-refractivity contribution in [1.82, 2.24) is 4.31 Å². The first kappa shape index (κ1) is 13.8. The highest BCUT2D eigenvalue weighted by Gasteiger charge is 2.32. The lowest BCUT2D eigenvalue weighted by molar-refractivity contribution is 0.453. The van der Waals surface area contributed by atoms with Crippen LogP contribution in [0.25, 0.3) is 0 Å². The van der Waals surface area contributed by atoms with E-state index in [9.17, 15) is 8.42 Å². The predicted octanol–water partition coefficient (Wildman–Crippen LogP) is 2.45. The topological polar surface area (TPSA) is 63.4 Å². The van der Waals surface area contributed by atoms with E-state index in [1.165, 1.54) is 0 Å². The maximum atomic E-state index is 12.5. The molecule has 0 spiro atoms. The van der Waals surface area contributed by atoms with E-state index in [0.717, 1.165) is 17.3 Å². The summed E-state index contributed by atoms with van der Waals surface area (Å²) < 4.78 is 27.3. The Morgan fingerprint density at radius 2 is 2.22 bits per heavy atom. The minimum absolute atomic E-state index is 0.202. The zero-order valence-electron chi connectivity index (χ0n) is 10.3. The van der Waals surface area contributed by atoms with E-state index < -0.39 is 10.0 Å². The Balaban J connectivity index is 2.34. The van der Waals surface area contributed by atoms with Crippen LogP contribution in [-0.2, 0) is 10.0 Å². The Kier molecular flexibility index (Phi) is 3.99. The summed E-state index contributed by atoms with van der Waals surface area (Å²) in [6.07, 6.45) is 1.95. The molecule has 1 aliphatic heterocycles. The standard InChI is InChI=1S/C12H17BrN2O2S/c1-2-9-5-6-15(8-9)18(16,17)12-7-10(13)3-4-11(12)14/h3-4,7,9H,2,5-6,8,14H2,1H3. The van der Waals surface area contributed by atoms with Gasteiger partial charge in [0.15, 0.2) is 0 Å². The molecular formula is C12H17BrN2O2S. The second-order valence-electron chi connectivity index (χ2n) is 4.61. The van der Waals surface area contributed by atoms with Gasteiger partial charge in [0, 0.05) is 17.6 Å². The number of nitrogens with two attached hydrogens (primary N) is 1. The van der Waals surface area contributed by atoms with Gasteiger partial charge in [0.2, 0.25) is 10.0 Å². The molecule has 1 saturated heterocycles. The van der Waals surface area contributed by atoms with Gasteiger partial charge in [-0.3, -0.25) is 0 Å². The fourth-order valence-electron chi connectivity index (χ4n) is 2.22. The number of halogens is 1. The summed E-state index contributed by atoms with van der Waals surface area (Å²) in [5, 5.41) is 0. The molecule has 6 heteroatoms. The molecule has 0 aromatic heterocycles. The molecule has 1 heterocycles. The molecule has 1 aliphatic rings. The minimum Gasteiger partial charge on any atom is -0.398 e. The van der Waals surface area contributed by atoms with Crippen molar-refractivity contribution in [3.63, 3.8) is 0 Å².